The minimum atomic E-state index is 0.105. The van der Waals surface area contributed by atoms with Gasteiger partial charge >= 0.3 is 0 Å². The van der Waals surface area contributed by atoms with Crippen LogP contribution in [-0.2, 0) is 11.3 Å². The fourth-order valence-electron chi connectivity index (χ4n) is 3.02. The molecule has 0 saturated carbocycles. The van der Waals surface area contributed by atoms with Crippen LogP contribution in [0, 0.1) is 13.8 Å². The van der Waals surface area contributed by atoms with Crippen molar-refractivity contribution in [2.45, 2.75) is 27.3 Å². The number of hydrogen-bond acceptors (Lipinski definition) is 5. The highest BCUT2D eigenvalue weighted by Crippen LogP contribution is 2.19. The second-order valence-electron chi connectivity index (χ2n) is 6.36. The summed E-state index contributed by atoms with van der Waals surface area (Å²) in [5, 5.41) is 0. The fourth-order valence-corrected chi connectivity index (χ4v) is 4.08. The van der Waals surface area contributed by atoms with Crippen molar-refractivity contribution < 1.29 is 9.53 Å². The second-order valence-corrected chi connectivity index (χ2v) is 7.34. The maximum Gasteiger partial charge on any atom is 0.190 e. The highest BCUT2D eigenvalue weighted by molar-refractivity contribution is 7.11. The Kier molecular flexibility index (Phi) is 5.83. The molecule has 0 N–H and O–H groups in total. The Hall–Kier alpha value is -1.76. The lowest BCUT2D eigenvalue weighted by atomic mass is 10.2. The molecule has 0 radical (unpaired) electrons. The van der Waals surface area contributed by atoms with Crippen molar-refractivity contribution in [1.82, 2.24) is 9.47 Å². The van der Waals surface area contributed by atoms with Crippen molar-refractivity contribution in [2.24, 2.45) is 4.99 Å². The van der Waals surface area contributed by atoms with Gasteiger partial charge in [0.05, 0.1) is 23.8 Å². The van der Waals surface area contributed by atoms with E-state index in [9.17, 15) is 4.79 Å². The van der Waals surface area contributed by atoms with Crippen LogP contribution in [0.1, 0.15) is 27.9 Å². The van der Waals surface area contributed by atoms with E-state index in [0.717, 1.165) is 66.0 Å². The van der Waals surface area contributed by atoms with E-state index in [1.807, 2.05) is 25.1 Å². The summed E-state index contributed by atoms with van der Waals surface area (Å²) in [4.78, 5) is 20.9. The van der Waals surface area contributed by atoms with E-state index in [0.29, 0.717) is 0 Å². The molecule has 0 aliphatic carbocycles. The number of morpholine rings is 1. The summed E-state index contributed by atoms with van der Waals surface area (Å²) in [5.74, 6) is 0.105. The Morgan fingerprint density at radius 2 is 1.92 bits per heavy atom. The van der Waals surface area contributed by atoms with Crippen LogP contribution in [0.5, 0.6) is 0 Å². The van der Waals surface area contributed by atoms with Gasteiger partial charge < -0.3 is 9.30 Å². The third-order valence-electron chi connectivity index (χ3n) is 4.55. The van der Waals surface area contributed by atoms with Gasteiger partial charge in [0.25, 0.3) is 0 Å². The van der Waals surface area contributed by atoms with Crippen LogP contribution < -0.4 is 4.80 Å². The highest BCUT2D eigenvalue weighted by Gasteiger charge is 2.16. The minimum absolute atomic E-state index is 0.105. The van der Waals surface area contributed by atoms with Crippen molar-refractivity contribution >= 4 is 22.8 Å². The molecule has 1 saturated heterocycles. The highest BCUT2D eigenvalue weighted by atomic mass is 32.1. The first-order chi connectivity index (χ1) is 12.1. The molecule has 134 valence electrons. The molecule has 1 aliphatic heterocycles. The summed E-state index contributed by atoms with van der Waals surface area (Å²) in [6.07, 6.45) is 0. The first-order valence-electron chi connectivity index (χ1n) is 8.68. The summed E-state index contributed by atoms with van der Waals surface area (Å²) < 4.78 is 7.60. The number of rotatable bonds is 5. The molecule has 1 aromatic heterocycles. The van der Waals surface area contributed by atoms with Crippen molar-refractivity contribution in [3.63, 3.8) is 0 Å². The number of hydrogen-bond donors (Lipinski definition) is 0. The first-order valence-corrected chi connectivity index (χ1v) is 9.49. The smallest absolute Gasteiger partial charge is 0.190 e. The molecule has 0 spiro atoms. The normalized spacial score (nSPS) is 16.4. The molecule has 1 fully saturated rings. The summed E-state index contributed by atoms with van der Waals surface area (Å²) >= 11 is 1.49. The Morgan fingerprint density at radius 1 is 1.20 bits per heavy atom. The summed E-state index contributed by atoms with van der Waals surface area (Å²) in [7, 11) is 0. The van der Waals surface area contributed by atoms with E-state index in [-0.39, 0.29) is 5.78 Å². The van der Waals surface area contributed by atoms with Gasteiger partial charge in [0.1, 0.15) is 0 Å². The maximum absolute atomic E-state index is 12.0. The molecular weight excluding hydrogens is 334 g/mol. The van der Waals surface area contributed by atoms with Crippen molar-refractivity contribution in [3.8, 4) is 0 Å². The fraction of sp³-hybridized carbons (Fsp3) is 0.474. The maximum atomic E-state index is 12.0. The molecule has 25 heavy (non-hydrogen) atoms. The zero-order valence-electron chi connectivity index (χ0n) is 15.1. The molecule has 2 heterocycles. The summed E-state index contributed by atoms with van der Waals surface area (Å²) in [6, 6.07) is 8.09. The lowest BCUT2D eigenvalue weighted by molar-refractivity contribution is 0.0362. The van der Waals surface area contributed by atoms with E-state index >= 15 is 0 Å². The van der Waals surface area contributed by atoms with Gasteiger partial charge in [-0.25, -0.2) is 4.99 Å². The van der Waals surface area contributed by atoms with Gasteiger partial charge in [-0.05, 0) is 25.5 Å². The Morgan fingerprint density at radius 3 is 2.60 bits per heavy atom. The van der Waals surface area contributed by atoms with Crippen LogP contribution in [0.3, 0.4) is 0 Å². The lowest BCUT2D eigenvalue weighted by Gasteiger charge is -2.26. The number of ketones is 1. The molecule has 2 aromatic rings. The third kappa shape index (κ3) is 4.26. The monoisotopic (exact) mass is 359 g/mol. The molecule has 0 bridgehead atoms. The number of thiazole rings is 1. The number of aryl methyl sites for hydroxylation is 1. The van der Waals surface area contributed by atoms with Gasteiger partial charge in [0.2, 0.25) is 0 Å². The van der Waals surface area contributed by atoms with Gasteiger partial charge in [-0.15, -0.1) is 0 Å². The number of para-hydroxylation sites is 1. The SMILES string of the molecule is CC(=O)c1sc(=Nc2ccccc2C)n(CCN2CCOCC2)c1C. The van der Waals surface area contributed by atoms with Gasteiger partial charge in [-0.3, -0.25) is 9.69 Å². The van der Waals surface area contributed by atoms with Crippen molar-refractivity contribution in [1.29, 1.82) is 0 Å². The van der Waals surface area contributed by atoms with Crippen LogP contribution >= 0.6 is 11.3 Å². The topological polar surface area (TPSA) is 46.8 Å². The Balaban J connectivity index is 1.94. The standard InChI is InChI=1S/C19H25N3O2S/c1-14-6-4-5-7-17(14)20-19-22(15(2)18(25-19)16(3)23)9-8-21-10-12-24-13-11-21/h4-7H,8-13H2,1-3H3. The van der Waals surface area contributed by atoms with Gasteiger partial charge in [0.15, 0.2) is 10.6 Å². The van der Waals surface area contributed by atoms with Crippen molar-refractivity contribution in [2.75, 3.05) is 32.8 Å². The molecule has 0 unspecified atom stereocenters. The Labute approximate surface area is 152 Å². The van der Waals surface area contributed by atoms with E-state index in [4.69, 9.17) is 9.73 Å². The van der Waals surface area contributed by atoms with Crippen LogP contribution in [0.15, 0.2) is 29.3 Å². The number of carbonyl (C=O) groups excluding carboxylic acids is 1. The number of Topliss-reactive ketones (excluding diaryl/α,β-unsaturated/α-hetero) is 1. The number of benzene rings is 1. The van der Waals surface area contributed by atoms with Crippen LogP contribution in [0.4, 0.5) is 5.69 Å². The number of carbonyl (C=O) groups is 1. The molecule has 1 aromatic carbocycles. The predicted octanol–water partition coefficient (Wildman–Crippen LogP) is 2.93. The molecule has 3 rings (SSSR count). The largest absolute Gasteiger partial charge is 0.379 e. The van der Waals surface area contributed by atoms with Crippen LogP contribution in [0.2, 0.25) is 0 Å². The van der Waals surface area contributed by atoms with E-state index in [1.165, 1.54) is 11.3 Å². The molecular formula is C19H25N3O2S. The minimum Gasteiger partial charge on any atom is -0.379 e. The quantitative estimate of drug-likeness (QED) is 0.771. The predicted molar refractivity (Wildman–Crippen MR) is 101 cm³/mol. The summed E-state index contributed by atoms with van der Waals surface area (Å²) in [5.41, 5.74) is 3.11. The van der Waals surface area contributed by atoms with Crippen LogP contribution in [-0.4, -0.2) is 48.1 Å². The summed E-state index contributed by atoms with van der Waals surface area (Å²) in [6.45, 7) is 11.0. The first kappa shape index (κ1) is 18.0. The molecule has 6 heteroatoms. The Bertz CT molecular complexity index is 816. The third-order valence-corrected chi connectivity index (χ3v) is 5.83. The second kappa shape index (κ2) is 8.08. The van der Waals surface area contributed by atoms with Gasteiger partial charge in [-0.2, -0.15) is 0 Å². The average Bonchev–Trinajstić information content (AvgIpc) is 2.92. The molecule has 0 amide bonds. The van der Waals surface area contributed by atoms with Gasteiger partial charge in [-0.1, -0.05) is 29.5 Å². The average molecular weight is 359 g/mol. The number of nitrogens with zero attached hydrogens (tertiary/aromatic N) is 3. The van der Waals surface area contributed by atoms with Crippen LogP contribution in [0.25, 0.3) is 0 Å². The molecule has 1 aliphatic rings. The molecule has 0 atom stereocenters. The zero-order valence-corrected chi connectivity index (χ0v) is 15.9. The van der Waals surface area contributed by atoms with E-state index in [2.05, 4.69) is 22.5 Å². The van der Waals surface area contributed by atoms with Crippen molar-refractivity contribution in [3.05, 3.63) is 45.2 Å². The lowest BCUT2D eigenvalue weighted by Crippen LogP contribution is -2.39. The number of aromatic nitrogens is 1. The number of ether oxygens (including phenoxy) is 1. The molecule has 5 nitrogen and oxygen atoms in total. The zero-order chi connectivity index (χ0) is 17.8. The van der Waals surface area contributed by atoms with E-state index in [1.54, 1.807) is 6.92 Å². The van der Waals surface area contributed by atoms with E-state index < -0.39 is 0 Å². The van der Waals surface area contributed by atoms with Gasteiger partial charge in [0, 0.05) is 38.8 Å².